The maximum Gasteiger partial charge on any atom is 0.228 e. The minimum Gasteiger partial charge on any atom is -0.340 e. The number of halogens is 1. The molecule has 4 heteroatoms. The first-order chi connectivity index (χ1) is 7.65. The van der Waals surface area contributed by atoms with Crippen LogP contribution in [0.2, 0.25) is 0 Å². The Morgan fingerprint density at radius 1 is 1.56 bits per heavy atom. The first-order valence-electron chi connectivity index (χ1n) is 5.53. The fourth-order valence-corrected chi connectivity index (χ4v) is 2.51. The van der Waals surface area contributed by atoms with Crippen LogP contribution in [0.15, 0.2) is 17.5 Å². The highest BCUT2D eigenvalue weighted by molar-refractivity contribution is 9.09. The summed E-state index contributed by atoms with van der Waals surface area (Å²) >= 11 is 5.05. The van der Waals surface area contributed by atoms with Crippen LogP contribution in [0.1, 0.15) is 25.1 Å². The van der Waals surface area contributed by atoms with Crippen molar-refractivity contribution in [1.82, 2.24) is 4.90 Å². The third-order valence-electron chi connectivity index (χ3n) is 2.38. The van der Waals surface area contributed by atoms with Crippen LogP contribution in [0.4, 0.5) is 0 Å². The van der Waals surface area contributed by atoms with E-state index in [1.165, 1.54) is 0 Å². The van der Waals surface area contributed by atoms with E-state index < -0.39 is 0 Å². The molecule has 2 nitrogen and oxygen atoms in total. The molecule has 1 aromatic rings. The summed E-state index contributed by atoms with van der Waals surface area (Å²) in [5.41, 5.74) is 0. The summed E-state index contributed by atoms with van der Waals surface area (Å²) in [5.74, 6) is 0.235. The standard InChI is InChI=1S/C12H18BrNOS/c1-10(2)14(7-4-6-13)12(15)9-11-5-3-8-16-11/h3,5,8,10H,4,6-7,9H2,1-2H3. The van der Waals surface area contributed by atoms with Crippen LogP contribution in [-0.2, 0) is 11.2 Å². The Labute approximate surface area is 110 Å². The van der Waals surface area contributed by atoms with Gasteiger partial charge in [0.15, 0.2) is 0 Å². The fraction of sp³-hybridized carbons (Fsp3) is 0.583. The van der Waals surface area contributed by atoms with Crippen LogP contribution in [0.25, 0.3) is 0 Å². The van der Waals surface area contributed by atoms with E-state index in [1.807, 2.05) is 22.4 Å². The summed E-state index contributed by atoms with van der Waals surface area (Å²) in [6, 6.07) is 4.29. The maximum absolute atomic E-state index is 12.1. The summed E-state index contributed by atoms with van der Waals surface area (Å²) in [5, 5.41) is 2.96. The minimum absolute atomic E-state index is 0.235. The van der Waals surface area contributed by atoms with Gasteiger partial charge in [-0.05, 0) is 31.7 Å². The van der Waals surface area contributed by atoms with Gasteiger partial charge < -0.3 is 4.90 Å². The van der Waals surface area contributed by atoms with Gasteiger partial charge in [-0.15, -0.1) is 11.3 Å². The second-order valence-corrected chi connectivity index (χ2v) is 5.80. The molecule has 0 spiro atoms. The number of hydrogen-bond acceptors (Lipinski definition) is 2. The molecule has 0 atom stereocenters. The number of carbonyl (C=O) groups is 1. The highest BCUT2D eigenvalue weighted by atomic mass is 79.9. The number of amides is 1. The third-order valence-corrected chi connectivity index (χ3v) is 3.82. The lowest BCUT2D eigenvalue weighted by Gasteiger charge is -2.26. The van der Waals surface area contributed by atoms with Crippen molar-refractivity contribution in [3.8, 4) is 0 Å². The van der Waals surface area contributed by atoms with Crippen molar-refractivity contribution in [2.24, 2.45) is 0 Å². The van der Waals surface area contributed by atoms with Gasteiger partial charge in [0.05, 0.1) is 6.42 Å². The van der Waals surface area contributed by atoms with Gasteiger partial charge in [-0.2, -0.15) is 0 Å². The Balaban J connectivity index is 2.53. The van der Waals surface area contributed by atoms with Gasteiger partial charge in [0.1, 0.15) is 0 Å². The monoisotopic (exact) mass is 303 g/mol. The molecule has 0 bridgehead atoms. The van der Waals surface area contributed by atoms with Crippen molar-refractivity contribution in [2.75, 3.05) is 11.9 Å². The zero-order valence-electron chi connectivity index (χ0n) is 9.78. The van der Waals surface area contributed by atoms with E-state index in [9.17, 15) is 4.79 Å². The Hall–Kier alpha value is -0.350. The normalized spacial score (nSPS) is 10.8. The Morgan fingerprint density at radius 3 is 2.81 bits per heavy atom. The first kappa shape index (κ1) is 13.7. The van der Waals surface area contributed by atoms with E-state index in [4.69, 9.17) is 0 Å². The molecule has 1 amide bonds. The molecule has 1 aromatic heterocycles. The molecule has 0 saturated heterocycles. The van der Waals surface area contributed by atoms with Gasteiger partial charge in [-0.25, -0.2) is 0 Å². The fourth-order valence-electron chi connectivity index (χ4n) is 1.56. The molecule has 0 aliphatic carbocycles. The molecule has 0 aliphatic rings. The largest absolute Gasteiger partial charge is 0.340 e. The third kappa shape index (κ3) is 4.26. The number of carbonyl (C=O) groups excluding carboxylic acids is 1. The molecule has 0 fully saturated rings. The molecular formula is C12H18BrNOS. The molecular weight excluding hydrogens is 286 g/mol. The Morgan fingerprint density at radius 2 is 2.31 bits per heavy atom. The SMILES string of the molecule is CC(C)N(CCCBr)C(=O)Cc1cccs1. The first-order valence-corrected chi connectivity index (χ1v) is 7.53. The van der Waals surface area contributed by atoms with Gasteiger partial charge in [0.25, 0.3) is 0 Å². The molecule has 90 valence electrons. The molecule has 0 saturated carbocycles. The van der Waals surface area contributed by atoms with Crippen LogP contribution in [0.5, 0.6) is 0 Å². The molecule has 16 heavy (non-hydrogen) atoms. The minimum atomic E-state index is 0.235. The molecule has 1 rings (SSSR count). The average Bonchev–Trinajstić information content (AvgIpc) is 2.70. The van der Waals surface area contributed by atoms with Gasteiger partial charge in [0.2, 0.25) is 5.91 Å². The average molecular weight is 304 g/mol. The van der Waals surface area contributed by atoms with E-state index in [2.05, 4.69) is 29.8 Å². The second-order valence-electron chi connectivity index (χ2n) is 3.98. The van der Waals surface area contributed by atoms with E-state index in [0.717, 1.165) is 23.2 Å². The van der Waals surface area contributed by atoms with E-state index in [0.29, 0.717) is 6.42 Å². The summed E-state index contributed by atoms with van der Waals surface area (Å²) in [6.07, 6.45) is 1.55. The van der Waals surface area contributed by atoms with Crippen LogP contribution in [0, 0.1) is 0 Å². The molecule has 0 aromatic carbocycles. The highest BCUT2D eigenvalue weighted by Crippen LogP contribution is 2.12. The van der Waals surface area contributed by atoms with Crippen molar-refractivity contribution in [3.05, 3.63) is 22.4 Å². The van der Waals surface area contributed by atoms with Crippen molar-refractivity contribution < 1.29 is 4.79 Å². The number of alkyl halides is 1. The predicted octanol–water partition coefficient (Wildman–Crippen LogP) is 3.31. The van der Waals surface area contributed by atoms with Crippen molar-refractivity contribution >= 4 is 33.2 Å². The lowest BCUT2D eigenvalue weighted by atomic mass is 10.2. The predicted molar refractivity (Wildman–Crippen MR) is 73.3 cm³/mol. The topological polar surface area (TPSA) is 20.3 Å². The van der Waals surface area contributed by atoms with E-state index in [-0.39, 0.29) is 11.9 Å². The zero-order valence-corrected chi connectivity index (χ0v) is 12.2. The van der Waals surface area contributed by atoms with Crippen molar-refractivity contribution in [2.45, 2.75) is 32.7 Å². The van der Waals surface area contributed by atoms with Crippen LogP contribution < -0.4 is 0 Å². The van der Waals surface area contributed by atoms with Crippen LogP contribution in [0.3, 0.4) is 0 Å². The van der Waals surface area contributed by atoms with Gasteiger partial charge >= 0.3 is 0 Å². The van der Waals surface area contributed by atoms with Gasteiger partial charge in [-0.1, -0.05) is 22.0 Å². The van der Waals surface area contributed by atoms with Gasteiger partial charge in [-0.3, -0.25) is 4.79 Å². The molecule has 1 heterocycles. The summed E-state index contributed by atoms with van der Waals surface area (Å²) < 4.78 is 0. The molecule has 0 radical (unpaired) electrons. The van der Waals surface area contributed by atoms with E-state index >= 15 is 0 Å². The molecule has 0 N–H and O–H groups in total. The summed E-state index contributed by atoms with van der Waals surface area (Å²) in [7, 11) is 0. The quantitative estimate of drug-likeness (QED) is 0.738. The van der Waals surface area contributed by atoms with Gasteiger partial charge in [0, 0.05) is 22.8 Å². The van der Waals surface area contributed by atoms with E-state index in [1.54, 1.807) is 11.3 Å². The Bertz CT molecular complexity index is 311. The number of hydrogen-bond donors (Lipinski definition) is 0. The summed E-state index contributed by atoms with van der Waals surface area (Å²) in [6.45, 7) is 4.98. The maximum atomic E-state index is 12.1. The number of nitrogens with zero attached hydrogens (tertiary/aromatic N) is 1. The summed E-state index contributed by atoms with van der Waals surface area (Å²) in [4.78, 5) is 15.2. The number of rotatable bonds is 6. The van der Waals surface area contributed by atoms with Crippen molar-refractivity contribution in [1.29, 1.82) is 0 Å². The van der Waals surface area contributed by atoms with Crippen LogP contribution in [-0.4, -0.2) is 28.7 Å². The molecule has 0 unspecified atom stereocenters. The second kappa shape index (κ2) is 7.07. The lowest BCUT2D eigenvalue weighted by Crippen LogP contribution is -2.38. The Kier molecular flexibility index (Phi) is 6.06. The van der Waals surface area contributed by atoms with Crippen molar-refractivity contribution in [3.63, 3.8) is 0 Å². The smallest absolute Gasteiger partial charge is 0.228 e. The zero-order chi connectivity index (χ0) is 12.0. The van der Waals surface area contributed by atoms with Crippen LogP contribution >= 0.6 is 27.3 Å². The lowest BCUT2D eigenvalue weighted by molar-refractivity contribution is -0.132. The molecule has 0 aliphatic heterocycles. The number of thiophene rings is 1. The highest BCUT2D eigenvalue weighted by Gasteiger charge is 2.16.